The van der Waals surface area contributed by atoms with Gasteiger partial charge in [-0.25, -0.2) is 9.37 Å². The maximum atomic E-state index is 13.2. The summed E-state index contributed by atoms with van der Waals surface area (Å²) < 4.78 is 13.2. The molecule has 0 atom stereocenters. The normalized spacial score (nSPS) is 16.1. The highest BCUT2D eigenvalue weighted by Crippen LogP contribution is 2.35. The molecule has 1 N–H and O–H groups in total. The molecule has 1 aromatic heterocycles. The minimum absolute atomic E-state index is 0.0773. The standard InChI is InChI=1S/C22H20ClFN2O2S/c1-14-19(29-20(25-14)15-2-8-18(24)9-3-15)21(27)26-12-10-22(28,11-13-26)16-4-6-17(23)7-5-16/h2-9,28H,10-13H2,1H3. The second-order valence-electron chi connectivity index (χ2n) is 7.27. The molecule has 2 aromatic carbocycles. The monoisotopic (exact) mass is 430 g/mol. The van der Waals surface area contributed by atoms with Gasteiger partial charge < -0.3 is 10.0 Å². The Bertz CT molecular complexity index is 1030. The van der Waals surface area contributed by atoms with E-state index < -0.39 is 5.60 Å². The Morgan fingerprint density at radius 2 is 1.76 bits per heavy atom. The fraction of sp³-hybridized carbons (Fsp3) is 0.273. The lowest BCUT2D eigenvalue weighted by Crippen LogP contribution is -2.45. The highest BCUT2D eigenvalue weighted by atomic mass is 35.5. The molecule has 0 radical (unpaired) electrons. The summed E-state index contributed by atoms with van der Waals surface area (Å²) >= 11 is 7.26. The van der Waals surface area contributed by atoms with Gasteiger partial charge in [-0.2, -0.15) is 0 Å². The predicted octanol–water partition coefficient (Wildman–Crippen LogP) is 5.03. The Morgan fingerprint density at radius 1 is 1.14 bits per heavy atom. The van der Waals surface area contributed by atoms with Crippen LogP contribution in [0, 0.1) is 12.7 Å². The molecule has 7 heteroatoms. The molecule has 1 aliphatic heterocycles. The van der Waals surface area contributed by atoms with Crippen molar-refractivity contribution in [1.82, 2.24) is 9.88 Å². The number of rotatable bonds is 3. The number of amides is 1. The summed E-state index contributed by atoms with van der Waals surface area (Å²) in [5.74, 6) is -0.383. The minimum Gasteiger partial charge on any atom is -0.385 e. The van der Waals surface area contributed by atoms with E-state index in [4.69, 9.17) is 11.6 Å². The summed E-state index contributed by atoms with van der Waals surface area (Å²) in [4.78, 5) is 19.9. The van der Waals surface area contributed by atoms with Gasteiger partial charge in [0, 0.05) is 23.7 Å². The summed E-state index contributed by atoms with van der Waals surface area (Å²) in [5, 5.41) is 12.3. The predicted molar refractivity (Wildman–Crippen MR) is 113 cm³/mol. The lowest BCUT2D eigenvalue weighted by Gasteiger charge is -2.38. The zero-order valence-corrected chi connectivity index (χ0v) is 17.4. The Hall–Kier alpha value is -2.28. The number of piperidine rings is 1. The summed E-state index contributed by atoms with van der Waals surface area (Å²) in [6, 6.07) is 13.3. The van der Waals surface area contributed by atoms with Crippen LogP contribution in [0.2, 0.25) is 5.02 Å². The third-order valence-corrected chi connectivity index (χ3v) is 6.79. The van der Waals surface area contributed by atoms with Crippen molar-refractivity contribution in [3.63, 3.8) is 0 Å². The molecule has 29 heavy (non-hydrogen) atoms. The van der Waals surface area contributed by atoms with Crippen LogP contribution in [0.3, 0.4) is 0 Å². The van der Waals surface area contributed by atoms with E-state index in [0.29, 0.717) is 46.5 Å². The Labute approximate surface area is 177 Å². The highest BCUT2D eigenvalue weighted by Gasteiger charge is 2.36. The molecule has 0 bridgehead atoms. The van der Waals surface area contributed by atoms with Gasteiger partial charge in [-0.1, -0.05) is 23.7 Å². The van der Waals surface area contributed by atoms with Crippen LogP contribution in [0.5, 0.6) is 0 Å². The van der Waals surface area contributed by atoms with Gasteiger partial charge in [0.15, 0.2) is 0 Å². The van der Waals surface area contributed by atoms with Crippen LogP contribution in [0.25, 0.3) is 10.6 Å². The van der Waals surface area contributed by atoms with Gasteiger partial charge in [0.2, 0.25) is 0 Å². The SMILES string of the molecule is Cc1nc(-c2ccc(F)cc2)sc1C(=O)N1CCC(O)(c2ccc(Cl)cc2)CC1. The molecule has 1 aliphatic rings. The van der Waals surface area contributed by atoms with Crippen molar-refractivity contribution in [2.45, 2.75) is 25.4 Å². The molecule has 0 saturated carbocycles. The van der Waals surface area contributed by atoms with Crippen molar-refractivity contribution in [2.24, 2.45) is 0 Å². The molecular formula is C22H20ClFN2O2S. The number of hydrogen-bond acceptors (Lipinski definition) is 4. The topological polar surface area (TPSA) is 53.4 Å². The number of carbonyl (C=O) groups is 1. The number of carbonyl (C=O) groups excluding carboxylic acids is 1. The van der Waals surface area contributed by atoms with E-state index in [1.807, 2.05) is 19.1 Å². The van der Waals surface area contributed by atoms with Crippen LogP contribution >= 0.6 is 22.9 Å². The van der Waals surface area contributed by atoms with Crippen LogP contribution in [0.4, 0.5) is 4.39 Å². The van der Waals surface area contributed by atoms with E-state index in [-0.39, 0.29) is 11.7 Å². The number of aromatic nitrogens is 1. The zero-order valence-electron chi connectivity index (χ0n) is 15.9. The van der Waals surface area contributed by atoms with Gasteiger partial charge in [0.25, 0.3) is 5.91 Å². The molecule has 4 nitrogen and oxygen atoms in total. The van der Waals surface area contributed by atoms with Gasteiger partial charge in [-0.3, -0.25) is 4.79 Å². The second kappa shape index (κ2) is 7.86. The highest BCUT2D eigenvalue weighted by molar-refractivity contribution is 7.17. The lowest BCUT2D eigenvalue weighted by atomic mass is 9.84. The molecule has 1 amide bonds. The fourth-order valence-corrected chi connectivity index (χ4v) is 4.75. The Morgan fingerprint density at radius 3 is 2.38 bits per heavy atom. The van der Waals surface area contributed by atoms with E-state index in [0.717, 1.165) is 11.1 Å². The smallest absolute Gasteiger partial charge is 0.265 e. The number of likely N-dealkylation sites (tertiary alicyclic amines) is 1. The molecule has 0 aliphatic carbocycles. The number of aliphatic hydroxyl groups is 1. The molecule has 1 fully saturated rings. The third kappa shape index (κ3) is 4.06. The summed E-state index contributed by atoms with van der Waals surface area (Å²) in [5.41, 5.74) is 1.32. The second-order valence-corrected chi connectivity index (χ2v) is 8.71. The molecular weight excluding hydrogens is 411 g/mol. The zero-order chi connectivity index (χ0) is 20.6. The van der Waals surface area contributed by atoms with E-state index >= 15 is 0 Å². The molecule has 150 valence electrons. The number of halogens is 2. The number of hydrogen-bond donors (Lipinski definition) is 1. The average Bonchev–Trinajstić information content (AvgIpc) is 3.10. The van der Waals surface area contributed by atoms with E-state index in [1.165, 1.54) is 23.5 Å². The maximum Gasteiger partial charge on any atom is 0.265 e. The van der Waals surface area contributed by atoms with Gasteiger partial charge in [-0.05, 0) is 61.7 Å². The number of aryl methyl sites for hydroxylation is 1. The largest absolute Gasteiger partial charge is 0.385 e. The van der Waals surface area contributed by atoms with E-state index in [2.05, 4.69) is 4.98 Å². The van der Waals surface area contributed by atoms with Gasteiger partial charge in [0.05, 0.1) is 11.3 Å². The van der Waals surface area contributed by atoms with Gasteiger partial charge in [0.1, 0.15) is 15.7 Å². The molecule has 0 spiro atoms. The first-order chi connectivity index (χ1) is 13.9. The summed E-state index contributed by atoms with van der Waals surface area (Å²) in [7, 11) is 0. The molecule has 4 rings (SSSR count). The van der Waals surface area contributed by atoms with Crippen molar-refractivity contribution >= 4 is 28.8 Å². The first-order valence-electron chi connectivity index (χ1n) is 9.37. The minimum atomic E-state index is -0.955. The fourth-order valence-electron chi connectivity index (χ4n) is 3.58. The molecule has 1 saturated heterocycles. The van der Waals surface area contributed by atoms with Gasteiger partial charge >= 0.3 is 0 Å². The van der Waals surface area contributed by atoms with Crippen LogP contribution in [-0.2, 0) is 5.60 Å². The van der Waals surface area contributed by atoms with Crippen molar-refractivity contribution < 1.29 is 14.3 Å². The Balaban J connectivity index is 1.48. The average molecular weight is 431 g/mol. The Kier molecular flexibility index (Phi) is 5.42. The van der Waals surface area contributed by atoms with Crippen molar-refractivity contribution in [2.75, 3.05) is 13.1 Å². The van der Waals surface area contributed by atoms with E-state index in [1.54, 1.807) is 29.2 Å². The van der Waals surface area contributed by atoms with Crippen molar-refractivity contribution in [3.05, 3.63) is 75.5 Å². The van der Waals surface area contributed by atoms with Gasteiger partial charge in [-0.15, -0.1) is 11.3 Å². The summed E-state index contributed by atoms with van der Waals surface area (Å²) in [6.45, 7) is 2.73. The number of thiazole rings is 1. The van der Waals surface area contributed by atoms with Crippen molar-refractivity contribution in [3.8, 4) is 10.6 Å². The molecule has 3 aromatic rings. The molecule has 0 unspecified atom stereocenters. The van der Waals surface area contributed by atoms with Crippen LogP contribution in [0.15, 0.2) is 48.5 Å². The maximum absolute atomic E-state index is 13.2. The first kappa shape index (κ1) is 20.0. The quantitative estimate of drug-likeness (QED) is 0.633. The number of nitrogens with zero attached hydrogens (tertiary/aromatic N) is 2. The van der Waals surface area contributed by atoms with E-state index in [9.17, 15) is 14.3 Å². The van der Waals surface area contributed by atoms with Crippen molar-refractivity contribution in [1.29, 1.82) is 0 Å². The molecule has 2 heterocycles. The van der Waals surface area contributed by atoms with Crippen LogP contribution < -0.4 is 0 Å². The van der Waals surface area contributed by atoms with Crippen LogP contribution in [-0.4, -0.2) is 34.0 Å². The van der Waals surface area contributed by atoms with Crippen LogP contribution in [0.1, 0.15) is 33.8 Å². The first-order valence-corrected chi connectivity index (χ1v) is 10.6. The summed E-state index contributed by atoms with van der Waals surface area (Å²) in [6.07, 6.45) is 0.923. The lowest BCUT2D eigenvalue weighted by molar-refractivity contribution is -0.0210. The number of benzene rings is 2. The third-order valence-electron chi connectivity index (χ3n) is 5.34.